The fourth-order valence-electron chi connectivity index (χ4n) is 3.49. The van der Waals surface area contributed by atoms with Gasteiger partial charge in [0.25, 0.3) is 11.8 Å². The molecule has 0 aliphatic heterocycles. The van der Waals surface area contributed by atoms with E-state index in [4.69, 9.17) is 5.21 Å². The lowest BCUT2D eigenvalue weighted by Gasteiger charge is -2.19. The van der Waals surface area contributed by atoms with Crippen LogP contribution in [0.15, 0.2) is 72.8 Å². The monoisotopic (exact) mass is 490 g/mol. The minimum Gasteiger partial charge on any atom is -0.391 e. The molecule has 6 N–H and O–H groups in total. The molecule has 0 aliphatic rings. The van der Waals surface area contributed by atoms with Crippen molar-refractivity contribution >= 4 is 23.4 Å². The van der Waals surface area contributed by atoms with Crippen molar-refractivity contribution in [3.05, 3.63) is 89.5 Å². The third-order valence-electron chi connectivity index (χ3n) is 5.55. The third kappa shape index (κ3) is 7.47. The van der Waals surface area contributed by atoms with E-state index in [1.807, 2.05) is 43.3 Å². The van der Waals surface area contributed by atoms with E-state index in [0.717, 1.165) is 16.7 Å². The van der Waals surface area contributed by atoms with E-state index >= 15 is 0 Å². The average molecular weight is 491 g/mol. The van der Waals surface area contributed by atoms with Gasteiger partial charge in [-0.2, -0.15) is 0 Å². The fourth-order valence-corrected chi connectivity index (χ4v) is 3.49. The number of anilines is 1. The Balaban J connectivity index is 1.52. The smallest absolute Gasteiger partial charge is 0.268 e. The van der Waals surface area contributed by atoms with Gasteiger partial charge in [0, 0.05) is 17.8 Å². The molecule has 188 valence electrons. The molecule has 0 aromatic heterocycles. The van der Waals surface area contributed by atoms with Gasteiger partial charge in [-0.25, -0.2) is 5.48 Å². The number of rotatable bonds is 10. The highest BCUT2D eigenvalue weighted by Gasteiger charge is 2.25. The molecule has 9 nitrogen and oxygen atoms in total. The first kappa shape index (κ1) is 26.6. The van der Waals surface area contributed by atoms with Crippen molar-refractivity contribution in [2.45, 2.75) is 32.5 Å². The largest absolute Gasteiger partial charge is 0.391 e. The molecule has 0 saturated carbocycles. The van der Waals surface area contributed by atoms with Crippen molar-refractivity contribution in [2.24, 2.45) is 0 Å². The van der Waals surface area contributed by atoms with Crippen LogP contribution in [-0.4, -0.2) is 46.7 Å². The number of hydroxylamine groups is 1. The second-order valence-electron chi connectivity index (χ2n) is 8.46. The Kier molecular flexibility index (Phi) is 9.29. The standard InChI is InChI=1S/C27H30N4O5/c1-17-3-5-19(6-4-17)15-28-16-24(33)29-23-13-11-21(12-14-23)20-7-9-22(10-8-20)26(34)30-25(18(2)32)27(35)31-36/h3-14,18,25,28,32,36H,15-16H2,1-2H3,(H,29,33)(H,30,34)(H,31,35)/t18-,25+/m1/s1. The van der Waals surface area contributed by atoms with E-state index in [0.29, 0.717) is 12.2 Å². The van der Waals surface area contributed by atoms with Crippen molar-refractivity contribution < 1.29 is 24.7 Å². The summed E-state index contributed by atoms with van der Waals surface area (Å²) in [5.74, 6) is -1.62. The first-order chi connectivity index (χ1) is 17.3. The van der Waals surface area contributed by atoms with E-state index in [9.17, 15) is 19.5 Å². The van der Waals surface area contributed by atoms with E-state index in [2.05, 4.69) is 16.0 Å². The topological polar surface area (TPSA) is 140 Å². The van der Waals surface area contributed by atoms with Crippen LogP contribution < -0.4 is 21.4 Å². The summed E-state index contributed by atoms with van der Waals surface area (Å²) in [5, 5.41) is 26.8. The predicted molar refractivity (Wildman–Crippen MR) is 136 cm³/mol. The van der Waals surface area contributed by atoms with Gasteiger partial charge < -0.3 is 21.1 Å². The van der Waals surface area contributed by atoms with Gasteiger partial charge in [-0.15, -0.1) is 0 Å². The molecule has 0 radical (unpaired) electrons. The van der Waals surface area contributed by atoms with Crippen LogP contribution in [0.4, 0.5) is 5.69 Å². The van der Waals surface area contributed by atoms with E-state index in [-0.39, 0.29) is 18.0 Å². The first-order valence-electron chi connectivity index (χ1n) is 11.5. The average Bonchev–Trinajstić information content (AvgIpc) is 2.88. The molecule has 0 spiro atoms. The molecule has 9 heteroatoms. The number of carbonyl (C=O) groups excluding carboxylic acids is 3. The Hall–Kier alpha value is -4.05. The maximum absolute atomic E-state index is 12.4. The molecule has 0 saturated heterocycles. The van der Waals surface area contributed by atoms with Gasteiger partial charge in [0.15, 0.2) is 0 Å². The molecule has 0 fully saturated rings. The van der Waals surface area contributed by atoms with Crippen LogP contribution in [0.25, 0.3) is 11.1 Å². The van der Waals surface area contributed by atoms with Gasteiger partial charge in [0.05, 0.1) is 12.6 Å². The van der Waals surface area contributed by atoms with Crippen molar-refractivity contribution in [3.63, 3.8) is 0 Å². The Labute approximate surface area is 209 Å². The van der Waals surface area contributed by atoms with Crippen LogP contribution in [0.3, 0.4) is 0 Å². The van der Waals surface area contributed by atoms with E-state index < -0.39 is 24.0 Å². The zero-order chi connectivity index (χ0) is 26.1. The Morgan fingerprint density at radius 3 is 2.00 bits per heavy atom. The van der Waals surface area contributed by atoms with Crippen molar-refractivity contribution in [1.29, 1.82) is 0 Å². The number of aryl methyl sites for hydroxylation is 1. The number of carbonyl (C=O) groups is 3. The summed E-state index contributed by atoms with van der Waals surface area (Å²) in [5.41, 5.74) is 6.43. The second-order valence-corrected chi connectivity index (χ2v) is 8.46. The lowest BCUT2D eigenvalue weighted by molar-refractivity contribution is -0.133. The van der Waals surface area contributed by atoms with Gasteiger partial charge >= 0.3 is 0 Å². The number of hydrogen-bond acceptors (Lipinski definition) is 6. The quantitative estimate of drug-likeness (QED) is 0.191. The minimum absolute atomic E-state index is 0.143. The lowest BCUT2D eigenvalue weighted by atomic mass is 10.0. The number of amides is 3. The number of benzene rings is 3. The SMILES string of the molecule is Cc1ccc(CNCC(=O)Nc2ccc(-c3ccc(C(=O)N[C@H](C(=O)NO)[C@@H](C)O)cc3)cc2)cc1. The third-order valence-corrected chi connectivity index (χ3v) is 5.55. The van der Waals surface area contributed by atoms with Gasteiger partial charge in [0.1, 0.15) is 6.04 Å². The number of nitrogens with one attached hydrogen (secondary N) is 4. The molecular weight excluding hydrogens is 460 g/mol. The Bertz CT molecular complexity index is 1180. The fraction of sp³-hybridized carbons (Fsp3) is 0.222. The number of aliphatic hydroxyl groups is 1. The highest BCUT2D eigenvalue weighted by molar-refractivity contribution is 5.98. The summed E-state index contributed by atoms with van der Waals surface area (Å²) in [6.07, 6.45) is -1.19. The van der Waals surface area contributed by atoms with Gasteiger partial charge in [-0.1, -0.05) is 54.1 Å². The minimum atomic E-state index is -1.29. The van der Waals surface area contributed by atoms with Crippen LogP contribution in [-0.2, 0) is 16.1 Å². The van der Waals surface area contributed by atoms with Gasteiger partial charge in [-0.3, -0.25) is 19.6 Å². The summed E-state index contributed by atoms with van der Waals surface area (Å²) < 4.78 is 0. The zero-order valence-corrected chi connectivity index (χ0v) is 20.1. The molecule has 3 rings (SSSR count). The lowest BCUT2D eigenvalue weighted by Crippen LogP contribution is -2.51. The molecule has 2 atom stereocenters. The van der Waals surface area contributed by atoms with Crippen LogP contribution >= 0.6 is 0 Å². The van der Waals surface area contributed by atoms with Crippen LogP contribution in [0.5, 0.6) is 0 Å². The summed E-state index contributed by atoms with van der Waals surface area (Å²) in [7, 11) is 0. The normalized spacial score (nSPS) is 12.3. The van der Waals surface area contributed by atoms with Crippen molar-refractivity contribution in [1.82, 2.24) is 16.1 Å². The molecule has 3 aromatic rings. The Morgan fingerprint density at radius 2 is 1.44 bits per heavy atom. The van der Waals surface area contributed by atoms with Crippen molar-refractivity contribution in [2.75, 3.05) is 11.9 Å². The second kappa shape index (κ2) is 12.6. The molecule has 0 aliphatic carbocycles. The molecule has 0 bridgehead atoms. The van der Waals surface area contributed by atoms with Crippen LogP contribution in [0, 0.1) is 6.92 Å². The van der Waals surface area contributed by atoms with Gasteiger partial charge in [-0.05, 0) is 54.8 Å². The summed E-state index contributed by atoms with van der Waals surface area (Å²) >= 11 is 0. The molecular formula is C27H30N4O5. The van der Waals surface area contributed by atoms with E-state index in [1.54, 1.807) is 36.4 Å². The van der Waals surface area contributed by atoms with E-state index in [1.165, 1.54) is 18.0 Å². The molecule has 3 amide bonds. The summed E-state index contributed by atoms with van der Waals surface area (Å²) in [6, 6.07) is 20.8. The van der Waals surface area contributed by atoms with Crippen LogP contribution in [0.1, 0.15) is 28.4 Å². The highest BCUT2D eigenvalue weighted by atomic mass is 16.5. The number of aliphatic hydroxyl groups excluding tert-OH is 1. The summed E-state index contributed by atoms with van der Waals surface area (Å²) in [4.78, 5) is 36.3. The zero-order valence-electron chi connectivity index (χ0n) is 20.1. The predicted octanol–water partition coefficient (Wildman–Crippen LogP) is 2.37. The molecule has 3 aromatic carbocycles. The van der Waals surface area contributed by atoms with Crippen LogP contribution in [0.2, 0.25) is 0 Å². The number of hydrogen-bond donors (Lipinski definition) is 6. The summed E-state index contributed by atoms with van der Waals surface area (Å²) in [6.45, 7) is 4.16. The molecule has 0 heterocycles. The first-order valence-corrected chi connectivity index (χ1v) is 11.5. The van der Waals surface area contributed by atoms with Gasteiger partial charge in [0.2, 0.25) is 5.91 Å². The molecule has 0 unspecified atom stereocenters. The molecule has 36 heavy (non-hydrogen) atoms. The Morgan fingerprint density at radius 1 is 0.861 bits per heavy atom. The maximum Gasteiger partial charge on any atom is 0.268 e. The highest BCUT2D eigenvalue weighted by Crippen LogP contribution is 2.22. The maximum atomic E-state index is 12.4. The van der Waals surface area contributed by atoms with Crippen molar-refractivity contribution in [3.8, 4) is 11.1 Å².